The summed E-state index contributed by atoms with van der Waals surface area (Å²) in [6, 6.07) is 13.6. The molecule has 0 spiro atoms. The molecule has 0 unspecified atom stereocenters. The van der Waals surface area contributed by atoms with E-state index in [4.69, 9.17) is 0 Å². The van der Waals surface area contributed by atoms with Crippen molar-refractivity contribution in [2.24, 2.45) is 5.92 Å². The quantitative estimate of drug-likeness (QED) is 0.552. The molecule has 146 valence electrons. The molecule has 0 saturated carbocycles. The van der Waals surface area contributed by atoms with E-state index >= 15 is 0 Å². The first-order valence-corrected chi connectivity index (χ1v) is 9.21. The van der Waals surface area contributed by atoms with Crippen LogP contribution in [-0.2, 0) is 6.54 Å². The van der Waals surface area contributed by atoms with E-state index in [2.05, 4.69) is 25.6 Å². The van der Waals surface area contributed by atoms with Crippen molar-refractivity contribution in [3.63, 3.8) is 0 Å². The van der Waals surface area contributed by atoms with Gasteiger partial charge in [0.05, 0.1) is 24.0 Å². The number of aliphatic hydroxyl groups excluding tert-OH is 1. The summed E-state index contributed by atoms with van der Waals surface area (Å²) in [4.78, 5) is 13.4. The van der Waals surface area contributed by atoms with Gasteiger partial charge in [-0.1, -0.05) is 32.0 Å². The van der Waals surface area contributed by atoms with Gasteiger partial charge in [0.2, 0.25) is 5.95 Å². The Labute approximate surface area is 163 Å². The lowest BCUT2D eigenvalue weighted by molar-refractivity contribution is 0.248. The molecule has 0 amide bonds. The first-order chi connectivity index (χ1) is 13.5. The smallest absolute Gasteiger partial charge is 0.225 e. The van der Waals surface area contributed by atoms with E-state index in [1.54, 1.807) is 18.3 Å². The number of hydrogen-bond donors (Lipinski definition) is 3. The van der Waals surface area contributed by atoms with Crippen molar-refractivity contribution in [3.05, 3.63) is 66.1 Å². The Kier molecular flexibility index (Phi) is 6.49. The van der Waals surface area contributed by atoms with Gasteiger partial charge in [0.1, 0.15) is 11.6 Å². The zero-order valence-corrected chi connectivity index (χ0v) is 15.9. The van der Waals surface area contributed by atoms with Gasteiger partial charge in [0.25, 0.3) is 0 Å². The number of nitrogens with one attached hydrogen (secondary N) is 2. The Balaban J connectivity index is 1.88. The highest BCUT2D eigenvalue weighted by Crippen LogP contribution is 2.21. The van der Waals surface area contributed by atoms with Crippen LogP contribution < -0.4 is 10.6 Å². The molecule has 0 aliphatic rings. The van der Waals surface area contributed by atoms with Crippen molar-refractivity contribution in [2.45, 2.75) is 26.4 Å². The maximum Gasteiger partial charge on any atom is 0.225 e. The second-order valence-corrected chi connectivity index (χ2v) is 6.84. The van der Waals surface area contributed by atoms with Crippen LogP contribution in [0.15, 0.2) is 54.7 Å². The van der Waals surface area contributed by atoms with Gasteiger partial charge in [-0.25, -0.2) is 9.37 Å². The minimum atomic E-state index is -0.277. The second kappa shape index (κ2) is 9.23. The molecule has 3 N–H and O–H groups in total. The fraction of sp³-hybridized carbons (Fsp3) is 0.286. The SMILES string of the molecule is CC(C)[C@@H](CO)Nc1nc(NCc2cccc(F)c2)cc(-c2ccccn2)n1. The van der Waals surface area contributed by atoms with E-state index in [1.807, 2.05) is 38.1 Å². The minimum absolute atomic E-state index is 0.0269. The van der Waals surface area contributed by atoms with Crippen LogP contribution in [0.2, 0.25) is 0 Å². The molecular weight excluding hydrogens is 357 g/mol. The monoisotopic (exact) mass is 381 g/mol. The lowest BCUT2D eigenvalue weighted by Crippen LogP contribution is -2.30. The maximum atomic E-state index is 13.4. The van der Waals surface area contributed by atoms with E-state index in [-0.39, 0.29) is 24.4 Å². The number of rotatable bonds is 8. The number of aliphatic hydroxyl groups is 1. The summed E-state index contributed by atoms with van der Waals surface area (Å²) in [6.07, 6.45) is 1.70. The van der Waals surface area contributed by atoms with Crippen molar-refractivity contribution < 1.29 is 9.50 Å². The lowest BCUT2D eigenvalue weighted by Gasteiger charge is -2.20. The van der Waals surface area contributed by atoms with Gasteiger partial charge in [-0.05, 0) is 35.7 Å². The number of anilines is 2. The molecule has 2 heterocycles. The van der Waals surface area contributed by atoms with Crippen molar-refractivity contribution >= 4 is 11.8 Å². The molecule has 0 bridgehead atoms. The van der Waals surface area contributed by atoms with Gasteiger partial charge in [-0.3, -0.25) is 4.98 Å². The van der Waals surface area contributed by atoms with E-state index in [0.29, 0.717) is 29.7 Å². The zero-order valence-electron chi connectivity index (χ0n) is 15.9. The summed E-state index contributed by atoms with van der Waals surface area (Å²) in [5.74, 6) is 0.914. The molecule has 0 saturated heterocycles. The fourth-order valence-corrected chi connectivity index (χ4v) is 2.68. The third-order valence-corrected chi connectivity index (χ3v) is 4.33. The number of hydrogen-bond acceptors (Lipinski definition) is 6. The highest BCUT2D eigenvalue weighted by Gasteiger charge is 2.15. The second-order valence-electron chi connectivity index (χ2n) is 6.84. The van der Waals surface area contributed by atoms with Gasteiger partial charge in [-0.15, -0.1) is 0 Å². The molecule has 1 atom stereocenters. The number of benzene rings is 1. The fourth-order valence-electron chi connectivity index (χ4n) is 2.68. The predicted molar refractivity (Wildman–Crippen MR) is 108 cm³/mol. The Bertz CT molecular complexity index is 904. The van der Waals surface area contributed by atoms with Crippen LogP contribution in [0, 0.1) is 11.7 Å². The standard InChI is InChI=1S/C21H24FN5O/c1-14(2)19(13-28)26-21-25-18(17-8-3-4-9-23-17)11-20(27-21)24-12-15-6-5-7-16(22)10-15/h3-11,14,19,28H,12-13H2,1-2H3,(H2,24,25,26,27)/t19-/m1/s1. The van der Waals surface area contributed by atoms with E-state index in [0.717, 1.165) is 5.56 Å². The molecule has 0 fully saturated rings. The molecule has 3 rings (SSSR count). The average molecular weight is 381 g/mol. The molecule has 0 radical (unpaired) electrons. The molecular formula is C21H24FN5O. The Hall–Kier alpha value is -3.06. The van der Waals surface area contributed by atoms with E-state index in [1.165, 1.54) is 12.1 Å². The van der Waals surface area contributed by atoms with Crippen LogP contribution >= 0.6 is 0 Å². The maximum absolute atomic E-state index is 13.4. The van der Waals surface area contributed by atoms with Crippen molar-refractivity contribution in [1.82, 2.24) is 15.0 Å². The molecule has 0 aliphatic carbocycles. The normalized spacial score (nSPS) is 12.0. The van der Waals surface area contributed by atoms with Crippen molar-refractivity contribution in [2.75, 3.05) is 17.2 Å². The third-order valence-electron chi connectivity index (χ3n) is 4.33. The number of nitrogens with zero attached hydrogens (tertiary/aromatic N) is 3. The number of aromatic nitrogens is 3. The molecule has 1 aromatic carbocycles. The number of halogens is 1. The first kappa shape index (κ1) is 19.7. The predicted octanol–water partition coefficient (Wildman–Crippen LogP) is 3.72. The lowest BCUT2D eigenvalue weighted by atomic mass is 10.1. The van der Waals surface area contributed by atoms with Gasteiger partial charge in [0, 0.05) is 18.8 Å². The average Bonchev–Trinajstić information content (AvgIpc) is 2.71. The van der Waals surface area contributed by atoms with Gasteiger partial charge in [-0.2, -0.15) is 4.98 Å². The topological polar surface area (TPSA) is 83.0 Å². The summed E-state index contributed by atoms with van der Waals surface area (Å²) in [7, 11) is 0. The largest absolute Gasteiger partial charge is 0.394 e. The van der Waals surface area contributed by atoms with Crippen LogP contribution in [0.25, 0.3) is 11.4 Å². The van der Waals surface area contributed by atoms with Gasteiger partial charge >= 0.3 is 0 Å². The van der Waals surface area contributed by atoms with E-state index < -0.39 is 0 Å². The van der Waals surface area contributed by atoms with Crippen LogP contribution in [-0.4, -0.2) is 32.7 Å². The van der Waals surface area contributed by atoms with Gasteiger partial charge in [0.15, 0.2) is 0 Å². The van der Waals surface area contributed by atoms with Crippen molar-refractivity contribution in [1.29, 1.82) is 0 Å². The Morgan fingerprint density at radius 2 is 1.89 bits per heavy atom. The Morgan fingerprint density at radius 1 is 1.04 bits per heavy atom. The molecule has 7 heteroatoms. The highest BCUT2D eigenvalue weighted by atomic mass is 19.1. The summed E-state index contributed by atoms with van der Waals surface area (Å²) < 4.78 is 13.4. The summed E-state index contributed by atoms with van der Waals surface area (Å²) in [6.45, 7) is 4.42. The third kappa shape index (κ3) is 5.23. The summed E-state index contributed by atoms with van der Waals surface area (Å²) >= 11 is 0. The van der Waals surface area contributed by atoms with Crippen molar-refractivity contribution in [3.8, 4) is 11.4 Å². The molecule has 0 aliphatic heterocycles. The molecule has 2 aromatic heterocycles. The Morgan fingerprint density at radius 3 is 2.57 bits per heavy atom. The first-order valence-electron chi connectivity index (χ1n) is 9.21. The molecule has 6 nitrogen and oxygen atoms in total. The molecule has 28 heavy (non-hydrogen) atoms. The summed E-state index contributed by atoms with van der Waals surface area (Å²) in [5, 5.41) is 16.0. The number of pyridine rings is 1. The zero-order chi connectivity index (χ0) is 19.9. The van der Waals surface area contributed by atoms with E-state index in [9.17, 15) is 9.50 Å². The van der Waals surface area contributed by atoms with Gasteiger partial charge < -0.3 is 15.7 Å². The van der Waals surface area contributed by atoms with Crippen LogP contribution in [0.1, 0.15) is 19.4 Å². The minimum Gasteiger partial charge on any atom is -0.394 e. The summed E-state index contributed by atoms with van der Waals surface area (Å²) in [5.41, 5.74) is 2.18. The molecule has 3 aromatic rings. The van der Waals surface area contributed by atoms with Crippen LogP contribution in [0.5, 0.6) is 0 Å². The highest BCUT2D eigenvalue weighted by molar-refractivity contribution is 5.61. The van der Waals surface area contributed by atoms with Crippen LogP contribution in [0.4, 0.5) is 16.2 Å². The van der Waals surface area contributed by atoms with Crippen LogP contribution in [0.3, 0.4) is 0 Å².